The standard InChI is InChI=1S/C13H21N3O3/c1-2-14-9-11-5-7-15(8-6-11)10-12-3-4-13(19-12)16(17)18/h3-4,11,14H,2,5-10H2,1H3. The fraction of sp³-hybridized carbons (Fsp3) is 0.692. The molecular formula is C13H21N3O3. The summed E-state index contributed by atoms with van der Waals surface area (Å²) in [7, 11) is 0. The van der Waals surface area contributed by atoms with Gasteiger partial charge in [0.05, 0.1) is 12.6 Å². The maximum atomic E-state index is 10.5. The van der Waals surface area contributed by atoms with Crippen LogP contribution in [0.2, 0.25) is 0 Å². The lowest BCUT2D eigenvalue weighted by Crippen LogP contribution is -2.36. The molecule has 19 heavy (non-hydrogen) atoms. The molecule has 2 heterocycles. The van der Waals surface area contributed by atoms with Gasteiger partial charge in [0.25, 0.3) is 0 Å². The number of nitrogens with zero attached hydrogens (tertiary/aromatic N) is 2. The van der Waals surface area contributed by atoms with Crippen LogP contribution >= 0.6 is 0 Å². The van der Waals surface area contributed by atoms with Gasteiger partial charge in [0.15, 0.2) is 0 Å². The molecule has 0 amide bonds. The molecule has 1 aliphatic rings. The quantitative estimate of drug-likeness (QED) is 0.630. The van der Waals surface area contributed by atoms with E-state index in [1.165, 1.54) is 18.9 Å². The second-order valence-electron chi connectivity index (χ2n) is 5.02. The summed E-state index contributed by atoms with van der Waals surface area (Å²) in [6.07, 6.45) is 2.35. The Morgan fingerprint density at radius 3 is 2.79 bits per heavy atom. The lowest BCUT2D eigenvalue weighted by atomic mass is 9.97. The van der Waals surface area contributed by atoms with Crippen molar-refractivity contribution in [2.24, 2.45) is 5.92 Å². The van der Waals surface area contributed by atoms with Crippen molar-refractivity contribution in [1.82, 2.24) is 10.2 Å². The van der Waals surface area contributed by atoms with Crippen LogP contribution < -0.4 is 5.32 Å². The van der Waals surface area contributed by atoms with Crippen LogP contribution in [0.15, 0.2) is 16.5 Å². The predicted octanol–water partition coefficient (Wildman–Crippen LogP) is 2.01. The Hall–Kier alpha value is -1.40. The molecule has 0 bridgehead atoms. The van der Waals surface area contributed by atoms with Crippen LogP contribution in [0.25, 0.3) is 0 Å². The summed E-state index contributed by atoms with van der Waals surface area (Å²) in [5.41, 5.74) is 0. The third kappa shape index (κ3) is 4.04. The molecule has 1 aliphatic heterocycles. The third-order valence-electron chi connectivity index (χ3n) is 3.60. The van der Waals surface area contributed by atoms with Gasteiger partial charge in [-0.15, -0.1) is 0 Å². The maximum Gasteiger partial charge on any atom is 0.433 e. The molecular weight excluding hydrogens is 246 g/mol. The van der Waals surface area contributed by atoms with Gasteiger partial charge >= 0.3 is 5.88 Å². The van der Waals surface area contributed by atoms with Crippen molar-refractivity contribution in [1.29, 1.82) is 0 Å². The molecule has 1 aromatic heterocycles. The SMILES string of the molecule is CCNCC1CCN(Cc2ccc([N+](=O)[O-])o2)CC1. The summed E-state index contributed by atoms with van der Waals surface area (Å²) in [4.78, 5) is 12.3. The number of rotatable bonds is 6. The maximum absolute atomic E-state index is 10.5. The van der Waals surface area contributed by atoms with Gasteiger partial charge < -0.3 is 9.73 Å². The van der Waals surface area contributed by atoms with Crippen molar-refractivity contribution in [3.05, 3.63) is 28.0 Å². The lowest BCUT2D eigenvalue weighted by molar-refractivity contribution is -0.402. The van der Waals surface area contributed by atoms with E-state index >= 15 is 0 Å². The highest BCUT2D eigenvalue weighted by Gasteiger charge is 2.20. The first kappa shape index (κ1) is 14.0. The normalized spacial score (nSPS) is 17.7. The second kappa shape index (κ2) is 6.68. The van der Waals surface area contributed by atoms with E-state index in [2.05, 4.69) is 17.1 Å². The Balaban J connectivity index is 1.77. The molecule has 106 valence electrons. The molecule has 6 nitrogen and oxygen atoms in total. The van der Waals surface area contributed by atoms with Crippen molar-refractivity contribution in [2.75, 3.05) is 26.2 Å². The molecule has 1 N–H and O–H groups in total. The van der Waals surface area contributed by atoms with Gasteiger partial charge in [-0.3, -0.25) is 15.0 Å². The van der Waals surface area contributed by atoms with Gasteiger partial charge in [0.2, 0.25) is 0 Å². The van der Waals surface area contributed by atoms with Crippen LogP contribution in [-0.2, 0) is 6.54 Å². The van der Waals surface area contributed by atoms with Crippen LogP contribution in [0.3, 0.4) is 0 Å². The monoisotopic (exact) mass is 267 g/mol. The van der Waals surface area contributed by atoms with Gasteiger partial charge in [0, 0.05) is 0 Å². The fourth-order valence-corrected chi connectivity index (χ4v) is 2.47. The van der Waals surface area contributed by atoms with Crippen LogP contribution in [0.1, 0.15) is 25.5 Å². The van der Waals surface area contributed by atoms with Crippen molar-refractivity contribution in [2.45, 2.75) is 26.3 Å². The highest BCUT2D eigenvalue weighted by atomic mass is 16.6. The van der Waals surface area contributed by atoms with E-state index in [1.54, 1.807) is 6.07 Å². The summed E-state index contributed by atoms with van der Waals surface area (Å²) < 4.78 is 5.19. The molecule has 2 rings (SSSR count). The number of piperidine rings is 1. The van der Waals surface area contributed by atoms with E-state index in [1.807, 2.05) is 0 Å². The Labute approximate surface area is 112 Å². The number of furan rings is 1. The summed E-state index contributed by atoms with van der Waals surface area (Å²) in [6, 6.07) is 3.12. The molecule has 6 heteroatoms. The van der Waals surface area contributed by atoms with E-state index in [4.69, 9.17) is 4.42 Å². The summed E-state index contributed by atoms with van der Waals surface area (Å²) in [5.74, 6) is 1.26. The molecule has 0 aliphatic carbocycles. The first-order chi connectivity index (χ1) is 9.19. The number of hydrogen-bond donors (Lipinski definition) is 1. The predicted molar refractivity (Wildman–Crippen MR) is 71.9 cm³/mol. The zero-order valence-electron chi connectivity index (χ0n) is 11.3. The molecule has 1 aromatic rings. The van der Waals surface area contributed by atoms with Crippen molar-refractivity contribution in [3.63, 3.8) is 0 Å². The van der Waals surface area contributed by atoms with Gasteiger partial charge in [-0.25, -0.2) is 0 Å². The molecule has 1 saturated heterocycles. The number of nitrogens with one attached hydrogen (secondary N) is 1. The smallest absolute Gasteiger partial charge is 0.404 e. The highest BCUT2D eigenvalue weighted by molar-refractivity contribution is 5.17. The minimum atomic E-state index is -0.494. The summed E-state index contributed by atoms with van der Waals surface area (Å²) >= 11 is 0. The second-order valence-corrected chi connectivity index (χ2v) is 5.02. The Bertz CT molecular complexity index is 411. The average molecular weight is 267 g/mol. The van der Waals surface area contributed by atoms with E-state index in [-0.39, 0.29) is 5.88 Å². The summed E-state index contributed by atoms with van der Waals surface area (Å²) in [5, 5.41) is 13.9. The lowest BCUT2D eigenvalue weighted by Gasteiger charge is -2.31. The minimum absolute atomic E-state index is 0.169. The van der Waals surface area contributed by atoms with Crippen molar-refractivity contribution >= 4 is 5.88 Å². The molecule has 0 saturated carbocycles. The Kier molecular flexibility index (Phi) is 4.93. The fourth-order valence-electron chi connectivity index (χ4n) is 2.47. The van der Waals surface area contributed by atoms with E-state index in [0.29, 0.717) is 12.3 Å². The van der Waals surface area contributed by atoms with Gasteiger partial charge in [-0.2, -0.15) is 0 Å². The van der Waals surface area contributed by atoms with E-state index in [0.717, 1.165) is 32.1 Å². The Morgan fingerprint density at radius 1 is 1.47 bits per heavy atom. The third-order valence-corrected chi connectivity index (χ3v) is 3.60. The van der Waals surface area contributed by atoms with Crippen LogP contribution in [0.4, 0.5) is 5.88 Å². The van der Waals surface area contributed by atoms with E-state index in [9.17, 15) is 10.1 Å². The topological polar surface area (TPSA) is 71.5 Å². The number of hydrogen-bond acceptors (Lipinski definition) is 5. The van der Waals surface area contributed by atoms with Crippen molar-refractivity contribution in [3.8, 4) is 0 Å². The van der Waals surface area contributed by atoms with Gasteiger partial charge in [-0.05, 0) is 51.0 Å². The molecule has 0 atom stereocenters. The van der Waals surface area contributed by atoms with E-state index < -0.39 is 4.92 Å². The zero-order chi connectivity index (χ0) is 13.7. The number of nitro groups is 1. The van der Waals surface area contributed by atoms with Crippen LogP contribution in [-0.4, -0.2) is 36.0 Å². The van der Waals surface area contributed by atoms with Gasteiger partial charge in [-0.1, -0.05) is 6.92 Å². The molecule has 1 fully saturated rings. The van der Waals surface area contributed by atoms with Gasteiger partial charge in [0.1, 0.15) is 10.7 Å². The number of likely N-dealkylation sites (tertiary alicyclic amines) is 1. The van der Waals surface area contributed by atoms with Crippen molar-refractivity contribution < 1.29 is 9.34 Å². The first-order valence-electron chi connectivity index (χ1n) is 6.85. The Morgan fingerprint density at radius 2 is 2.21 bits per heavy atom. The van der Waals surface area contributed by atoms with Crippen LogP contribution in [0, 0.1) is 16.0 Å². The molecule has 0 spiro atoms. The van der Waals surface area contributed by atoms with Crippen LogP contribution in [0.5, 0.6) is 0 Å². The average Bonchev–Trinajstić information content (AvgIpc) is 2.87. The molecule has 0 radical (unpaired) electrons. The summed E-state index contributed by atoms with van der Waals surface area (Å²) in [6.45, 7) is 6.97. The highest BCUT2D eigenvalue weighted by Crippen LogP contribution is 2.21. The molecule has 0 unspecified atom stereocenters. The zero-order valence-corrected chi connectivity index (χ0v) is 11.3. The molecule has 0 aromatic carbocycles. The largest absolute Gasteiger partial charge is 0.433 e. The first-order valence-corrected chi connectivity index (χ1v) is 6.85. The minimum Gasteiger partial charge on any atom is -0.404 e.